The highest BCUT2D eigenvalue weighted by molar-refractivity contribution is 6.31. The molecule has 0 atom stereocenters. The van der Waals surface area contributed by atoms with Gasteiger partial charge in [-0.25, -0.2) is 9.37 Å². The molecular formula is C33H23ClF7N3O4. The van der Waals surface area contributed by atoms with Crippen molar-refractivity contribution in [3.8, 4) is 17.1 Å². The fourth-order valence-electron chi connectivity index (χ4n) is 4.86. The average Bonchev–Trinajstić information content (AvgIpc) is 3.37. The number of ether oxygens (including phenoxy) is 1. The van der Waals surface area contributed by atoms with Crippen LogP contribution in [-0.2, 0) is 30.3 Å². The van der Waals surface area contributed by atoms with E-state index in [-0.39, 0.29) is 64.2 Å². The highest BCUT2D eigenvalue weighted by atomic mass is 35.5. The summed E-state index contributed by atoms with van der Waals surface area (Å²) < 4.78 is 103. The Morgan fingerprint density at radius 1 is 0.896 bits per heavy atom. The van der Waals surface area contributed by atoms with Crippen molar-refractivity contribution in [2.45, 2.75) is 31.9 Å². The summed E-state index contributed by atoms with van der Waals surface area (Å²) in [7, 11) is 0. The van der Waals surface area contributed by atoms with Crippen LogP contribution in [0, 0.1) is 5.82 Å². The maximum absolute atomic E-state index is 14.2. The van der Waals surface area contributed by atoms with Crippen LogP contribution in [0.3, 0.4) is 0 Å². The van der Waals surface area contributed by atoms with Gasteiger partial charge >= 0.3 is 18.3 Å². The van der Waals surface area contributed by atoms with Gasteiger partial charge in [0.05, 0.1) is 33.6 Å². The minimum Gasteiger partial charge on any atom is -0.489 e. The zero-order valence-electron chi connectivity index (χ0n) is 24.4. The van der Waals surface area contributed by atoms with E-state index in [1.54, 1.807) is 12.1 Å². The normalized spacial score (nSPS) is 11.9. The second-order valence-electron chi connectivity index (χ2n) is 10.6. The monoisotopic (exact) mass is 693 g/mol. The molecule has 250 valence electrons. The summed E-state index contributed by atoms with van der Waals surface area (Å²) in [5, 5.41) is 11.4. The lowest BCUT2D eigenvalue weighted by Crippen LogP contribution is -2.25. The van der Waals surface area contributed by atoms with E-state index in [1.165, 1.54) is 53.1 Å². The molecule has 1 aromatic heterocycles. The lowest BCUT2D eigenvalue weighted by Gasteiger charge is -2.16. The van der Waals surface area contributed by atoms with Gasteiger partial charge < -0.3 is 19.7 Å². The minimum absolute atomic E-state index is 0.0406. The highest BCUT2D eigenvalue weighted by Crippen LogP contribution is 2.37. The molecule has 0 spiro atoms. The molecule has 0 aliphatic heterocycles. The quantitative estimate of drug-likeness (QED) is 0.144. The molecule has 0 unspecified atom stereocenters. The third-order valence-electron chi connectivity index (χ3n) is 7.18. The lowest BCUT2D eigenvalue weighted by molar-refractivity contribution is -0.143. The van der Waals surface area contributed by atoms with Gasteiger partial charge in [-0.3, -0.25) is 9.59 Å². The first-order valence-corrected chi connectivity index (χ1v) is 14.4. The van der Waals surface area contributed by atoms with Crippen molar-refractivity contribution in [1.29, 1.82) is 0 Å². The molecule has 7 nitrogen and oxygen atoms in total. The van der Waals surface area contributed by atoms with E-state index in [0.29, 0.717) is 23.4 Å². The van der Waals surface area contributed by atoms with E-state index in [2.05, 4.69) is 10.3 Å². The van der Waals surface area contributed by atoms with Crippen LogP contribution in [0.5, 0.6) is 5.75 Å². The van der Waals surface area contributed by atoms with Gasteiger partial charge in [0.25, 0.3) is 5.91 Å². The van der Waals surface area contributed by atoms with Crippen molar-refractivity contribution in [3.05, 3.63) is 118 Å². The maximum atomic E-state index is 14.2. The van der Waals surface area contributed by atoms with Gasteiger partial charge in [0.1, 0.15) is 24.0 Å². The van der Waals surface area contributed by atoms with Crippen molar-refractivity contribution in [3.63, 3.8) is 0 Å². The summed E-state index contributed by atoms with van der Waals surface area (Å²) in [5.41, 5.74) is -2.18. The Morgan fingerprint density at radius 3 is 2.17 bits per heavy atom. The van der Waals surface area contributed by atoms with Crippen LogP contribution in [0.25, 0.3) is 22.4 Å². The predicted molar refractivity (Wildman–Crippen MR) is 161 cm³/mol. The van der Waals surface area contributed by atoms with Crippen LogP contribution in [-0.4, -0.2) is 33.1 Å². The van der Waals surface area contributed by atoms with Gasteiger partial charge in [-0.15, -0.1) is 0 Å². The molecule has 0 saturated heterocycles. The summed E-state index contributed by atoms with van der Waals surface area (Å²) in [6, 6.07) is 15.8. The Balaban J connectivity index is 1.54. The van der Waals surface area contributed by atoms with Crippen molar-refractivity contribution < 1.29 is 50.2 Å². The van der Waals surface area contributed by atoms with E-state index >= 15 is 0 Å². The second kappa shape index (κ2) is 13.6. The SMILES string of the molecule is O=C(O)CCNC(=O)c1ccc2c(c1)nc(-c1ccc(OCc3c(F)cccc3Cl)cc1)n2Cc1cc(C(F)(F)F)cc(C(F)(F)F)c1. The molecule has 48 heavy (non-hydrogen) atoms. The van der Waals surface area contributed by atoms with Gasteiger partial charge in [-0.2, -0.15) is 26.3 Å². The number of carboxylic acid groups (broad SMARTS) is 1. The summed E-state index contributed by atoms with van der Waals surface area (Å²) in [5.74, 6) is -1.86. The Labute approximate surface area is 272 Å². The minimum atomic E-state index is -5.05. The molecule has 0 fully saturated rings. The number of aliphatic carboxylic acids is 1. The highest BCUT2D eigenvalue weighted by Gasteiger charge is 2.37. The number of rotatable bonds is 10. The van der Waals surface area contributed by atoms with Crippen LogP contribution in [0.15, 0.2) is 78.9 Å². The van der Waals surface area contributed by atoms with Gasteiger partial charge in [-0.1, -0.05) is 17.7 Å². The third-order valence-corrected chi connectivity index (χ3v) is 7.53. The van der Waals surface area contributed by atoms with E-state index in [0.717, 1.165) is 0 Å². The number of hydrogen-bond acceptors (Lipinski definition) is 4. The molecule has 5 aromatic rings. The maximum Gasteiger partial charge on any atom is 0.416 e. The number of carbonyl (C=O) groups is 2. The fourth-order valence-corrected chi connectivity index (χ4v) is 5.07. The molecular weight excluding hydrogens is 671 g/mol. The number of benzene rings is 4. The molecule has 0 aliphatic rings. The van der Waals surface area contributed by atoms with Crippen molar-refractivity contribution >= 4 is 34.5 Å². The molecule has 1 amide bonds. The van der Waals surface area contributed by atoms with Gasteiger partial charge in [0.15, 0.2) is 0 Å². The molecule has 0 aliphatic carbocycles. The Morgan fingerprint density at radius 2 is 1.56 bits per heavy atom. The number of alkyl halides is 6. The first-order valence-electron chi connectivity index (χ1n) is 14.0. The molecule has 0 radical (unpaired) electrons. The number of amides is 1. The van der Waals surface area contributed by atoms with Gasteiger partial charge in [0, 0.05) is 29.8 Å². The number of hydrogen-bond donors (Lipinski definition) is 2. The summed E-state index contributed by atoms with van der Waals surface area (Å²) in [4.78, 5) is 28.0. The molecule has 4 aromatic carbocycles. The number of aromatic nitrogens is 2. The number of fused-ring (bicyclic) bond motifs is 1. The number of carboxylic acids is 1. The second-order valence-corrected chi connectivity index (χ2v) is 11.0. The Hall–Kier alpha value is -5.11. The molecule has 0 bridgehead atoms. The lowest BCUT2D eigenvalue weighted by atomic mass is 10.0. The number of imidazole rings is 1. The standard InChI is InChI=1S/C33H23ClF7N3O4/c34-25-2-1-3-26(35)24(25)17-48-23-7-4-19(5-8-23)30-43-27-14-20(31(47)42-11-10-29(45)46)6-9-28(27)44(30)16-18-12-21(32(36,37)38)15-22(13-18)33(39,40)41/h1-9,12-15H,10-11,16-17H2,(H,42,47)(H,45,46). The number of nitrogens with one attached hydrogen (secondary N) is 1. The van der Waals surface area contributed by atoms with E-state index in [4.69, 9.17) is 21.4 Å². The summed E-state index contributed by atoms with van der Waals surface area (Å²) in [6.07, 6.45) is -10.4. The molecule has 15 heteroatoms. The third kappa shape index (κ3) is 7.88. The number of carbonyl (C=O) groups excluding carboxylic acids is 1. The van der Waals surface area contributed by atoms with Crippen LogP contribution >= 0.6 is 11.6 Å². The molecule has 0 saturated carbocycles. The predicted octanol–water partition coefficient (Wildman–Crippen LogP) is 8.37. The van der Waals surface area contributed by atoms with Crippen LogP contribution in [0.1, 0.15) is 39.0 Å². The average molecular weight is 694 g/mol. The van der Waals surface area contributed by atoms with Crippen molar-refractivity contribution in [1.82, 2.24) is 14.9 Å². The van der Waals surface area contributed by atoms with Crippen molar-refractivity contribution in [2.75, 3.05) is 6.54 Å². The fraction of sp³-hybridized carbons (Fsp3) is 0.182. The van der Waals surface area contributed by atoms with Crippen LogP contribution in [0.4, 0.5) is 30.7 Å². The van der Waals surface area contributed by atoms with E-state index < -0.39 is 47.7 Å². The summed E-state index contributed by atoms with van der Waals surface area (Å²) >= 11 is 6.06. The zero-order valence-corrected chi connectivity index (χ0v) is 25.2. The Bertz CT molecular complexity index is 1940. The zero-order chi connectivity index (χ0) is 34.8. The van der Waals surface area contributed by atoms with Crippen LogP contribution < -0.4 is 10.1 Å². The topological polar surface area (TPSA) is 93.5 Å². The first kappa shape index (κ1) is 34.2. The first-order chi connectivity index (χ1) is 22.6. The van der Waals surface area contributed by atoms with Crippen LogP contribution in [0.2, 0.25) is 5.02 Å². The van der Waals surface area contributed by atoms with Gasteiger partial charge in [0.2, 0.25) is 0 Å². The number of nitrogens with zero attached hydrogens (tertiary/aromatic N) is 2. The summed E-state index contributed by atoms with van der Waals surface area (Å²) in [6.45, 7) is -0.814. The largest absolute Gasteiger partial charge is 0.489 e. The van der Waals surface area contributed by atoms with E-state index in [9.17, 15) is 40.3 Å². The smallest absolute Gasteiger partial charge is 0.416 e. The van der Waals surface area contributed by atoms with Crippen molar-refractivity contribution in [2.24, 2.45) is 0 Å². The molecule has 2 N–H and O–H groups in total. The van der Waals surface area contributed by atoms with E-state index in [1.807, 2.05) is 0 Å². The van der Waals surface area contributed by atoms with Gasteiger partial charge in [-0.05, 0) is 78.4 Å². The Kier molecular flexibility index (Phi) is 9.66. The molecule has 1 heterocycles. The molecule has 5 rings (SSSR count). The number of halogens is 8.